The lowest BCUT2D eigenvalue weighted by Crippen LogP contribution is -2.46. The lowest BCUT2D eigenvalue weighted by atomic mass is 9.97. The number of carbonyl (C=O) groups is 1. The topological polar surface area (TPSA) is 76.3 Å². The van der Waals surface area contributed by atoms with Gasteiger partial charge in [0, 0.05) is 38.4 Å². The maximum absolute atomic E-state index is 12.7. The maximum atomic E-state index is 12.7. The Labute approximate surface area is 158 Å². The minimum absolute atomic E-state index is 0.0298. The minimum Gasteiger partial charge on any atom is -0.357 e. The number of aryl methyl sites for hydroxylation is 1. The molecule has 1 aliphatic heterocycles. The quantitative estimate of drug-likeness (QED) is 0.889. The third-order valence-electron chi connectivity index (χ3n) is 5.13. The summed E-state index contributed by atoms with van der Waals surface area (Å²) >= 11 is 0. The maximum Gasteiger partial charge on any atom is 0.332 e. The zero-order chi connectivity index (χ0) is 19.6. The van der Waals surface area contributed by atoms with Gasteiger partial charge < -0.3 is 10.2 Å². The van der Waals surface area contributed by atoms with E-state index in [4.69, 9.17) is 0 Å². The highest BCUT2D eigenvalue weighted by atomic mass is 16.2. The van der Waals surface area contributed by atoms with Gasteiger partial charge in [-0.05, 0) is 38.8 Å². The Morgan fingerprint density at radius 2 is 1.93 bits per heavy atom. The van der Waals surface area contributed by atoms with E-state index < -0.39 is 0 Å². The molecule has 0 saturated carbocycles. The Balaban J connectivity index is 1.80. The third-order valence-corrected chi connectivity index (χ3v) is 5.13. The van der Waals surface area contributed by atoms with Gasteiger partial charge in [-0.25, -0.2) is 4.79 Å². The van der Waals surface area contributed by atoms with Gasteiger partial charge in [-0.15, -0.1) is 0 Å². The summed E-state index contributed by atoms with van der Waals surface area (Å²) in [6, 6.07) is 9.20. The lowest BCUT2D eigenvalue weighted by Gasteiger charge is -2.34. The molecule has 0 bridgehead atoms. The monoisotopic (exact) mass is 370 g/mol. The molecular weight excluding hydrogens is 344 g/mol. The zero-order valence-corrected chi connectivity index (χ0v) is 16.1. The standard InChI is InChI=1S/C20H26N4O3/c1-4-24-17(12-18(25)22(3)20(24)27)23-11-5-6-15(13-23)19(26)21-16-9-7-14(2)8-10-16/h7-10,12,15H,4-6,11,13H2,1-3H3,(H,21,26)/t15-/m1/s1. The van der Waals surface area contributed by atoms with Gasteiger partial charge in [0.2, 0.25) is 5.91 Å². The van der Waals surface area contributed by atoms with E-state index in [2.05, 4.69) is 5.32 Å². The van der Waals surface area contributed by atoms with Crippen LogP contribution in [-0.4, -0.2) is 28.1 Å². The third kappa shape index (κ3) is 3.97. The van der Waals surface area contributed by atoms with Crippen molar-refractivity contribution in [2.75, 3.05) is 23.3 Å². The van der Waals surface area contributed by atoms with Crippen LogP contribution < -0.4 is 21.5 Å². The molecule has 1 aromatic heterocycles. The van der Waals surface area contributed by atoms with Gasteiger partial charge >= 0.3 is 5.69 Å². The van der Waals surface area contributed by atoms with E-state index in [1.165, 1.54) is 13.1 Å². The average molecular weight is 370 g/mol. The highest BCUT2D eigenvalue weighted by molar-refractivity contribution is 5.93. The molecule has 3 rings (SSSR count). The Morgan fingerprint density at radius 1 is 1.22 bits per heavy atom. The van der Waals surface area contributed by atoms with Crippen LogP contribution in [0.1, 0.15) is 25.3 Å². The van der Waals surface area contributed by atoms with E-state index in [0.29, 0.717) is 18.9 Å². The van der Waals surface area contributed by atoms with E-state index >= 15 is 0 Å². The van der Waals surface area contributed by atoms with E-state index in [9.17, 15) is 14.4 Å². The molecule has 1 atom stereocenters. The van der Waals surface area contributed by atoms with Crippen molar-refractivity contribution >= 4 is 17.4 Å². The number of piperidine rings is 1. The molecule has 7 heteroatoms. The summed E-state index contributed by atoms with van der Waals surface area (Å²) in [5.41, 5.74) is 1.26. The number of benzene rings is 1. The predicted octanol–water partition coefficient (Wildman–Crippen LogP) is 1.73. The molecule has 0 spiro atoms. The van der Waals surface area contributed by atoms with Gasteiger partial charge in [0.25, 0.3) is 5.56 Å². The number of anilines is 2. The van der Waals surface area contributed by atoms with Crippen LogP contribution in [0.5, 0.6) is 0 Å². The lowest BCUT2D eigenvalue weighted by molar-refractivity contribution is -0.120. The number of carbonyl (C=O) groups excluding carboxylic acids is 1. The first-order valence-corrected chi connectivity index (χ1v) is 9.34. The number of hydrogen-bond donors (Lipinski definition) is 1. The number of hydrogen-bond acceptors (Lipinski definition) is 4. The second-order valence-electron chi connectivity index (χ2n) is 7.07. The highest BCUT2D eigenvalue weighted by Gasteiger charge is 2.28. The van der Waals surface area contributed by atoms with Gasteiger partial charge in [-0.1, -0.05) is 17.7 Å². The predicted molar refractivity (Wildman–Crippen MR) is 106 cm³/mol. The highest BCUT2D eigenvalue weighted by Crippen LogP contribution is 2.23. The summed E-state index contributed by atoms with van der Waals surface area (Å²) in [7, 11) is 1.48. The van der Waals surface area contributed by atoms with Crippen LogP contribution >= 0.6 is 0 Å². The van der Waals surface area contributed by atoms with Crippen molar-refractivity contribution in [2.24, 2.45) is 13.0 Å². The Hall–Kier alpha value is -2.83. The van der Waals surface area contributed by atoms with Crippen molar-refractivity contribution in [3.8, 4) is 0 Å². The van der Waals surface area contributed by atoms with Crippen molar-refractivity contribution in [3.63, 3.8) is 0 Å². The zero-order valence-electron chi connectivity index (χ0n) is 16.1. The number of aromatic nitrogens is 2. The van der Waals surface area contributed by atoms with Gasteiger partial charge in [-0.3, -0.25) is 18.7 Å². The first-order chi connectivity index (χ1) is 12.9. The molecule has 2 aromatic rings. The van der Waals surface area contributed by atoms with Crippen molar-refractivity contribution < 1.29 is 4.79 Å². The molecule has 1 aromatic carbocycles. The van der Waals surface area contributed by atoms with E-state index in [1.807, 2.05) is 43.0 Å². The second kappa shape index (κ2) is 7.82. The van der Waals surface area contributed by atoms with Gasteiger partial charge in [0.1, 0.15) is 5.82 Å². The van der Waals surface area contributed by atoms with Crippen LogP contribution in [0.4, 0.5) is 11.5 Å². The Bertz CT molecular complexity index is 943. The van der Waals surface area contributed by atoms with Crippen LogP contribution in [0.3, 0.4) is 0 Å². The first-order valence-electron chi connectivity index (χ1n) is 9.34. The molecule has 0 radical (unpaired) electrons. The fraction of sp³-hybridized carbons (Fsp3) is 0.450. The molecule has 1 saturated heterocycles. The van der Waals surface area contributed by atoms with Crippen LogP contribution in [0.2, 0.25) is 0 Å². The largest absolute Gasteiger partial charge is 0.357 e. The number of nitrogens with one attached hydrogen (secondary N) is 1. The Morgan fingerprint density at radius 3 is 2.59 bits per heavy atom. The minimum atomic E-state index is -0.328. The molecule has 7 nitrogen and oxygen atoms in total. The number of rotatable bonds is 4. The molecule has 1 fully saturated rings. The summed E-state index contributed by atoms with van der Waals surface area (Å²) in [4.78, 5) is 39.2. The first kappa shape index (κ1) is 18.9. The summed E-state index contributed by atoms with van der Waals surface area (Å²) in [5, 5.41) is 2.97. The van der Waals surface area contributed by atoms with Gasteiger partial charge in [0.05, 0.1) is 5.92 Å². The van der Waals surface area contributed by atoms with Crippen LogP contribution in [0.25, 0.3) is 0 Å². The molecule has 144 valence electrons. The van der Waals surface area contributed by atoms with Crippen LogP contribution in [0, 0.1) is 12.8 Å². The van der Waals surface area contributed by atoms with E-state index in [-0.39, 0.29) is 23.1 Å². The van der Waals surface area contributed by atoms with Gasteiger partial charge in [-0.2, -0.15) is 0 Å². The van der Waals surface area contributed by atoms with E-state index in [0.717, 1.165) is 35.2 Å². The number of amides is 1. The normalized spacial score (nSPS) is 17.0. The van der Waals surface area contributed by atoms with Crippen LogP contribution in [0.15, 0.2) is 39.9 Å². The molecule has 1 amide bonds. The average Bonchev–Trinajstić information content (AvgIpc) is 2.67. The molecule has 0 unspecified atom stereocenters. The summed E-state index contributed by atoms with van der Waals surface area (Å²) in [6.45, 7) is 5.56. The fourth-order valence-corrected chi connectivity index (χ4v) is 3.50. The molecule has 1 N–H and O–H groups in total. The molecule has 2 heterocycles. The van der Waals surface area contributed by atoms with Crippen molar-refractivity contribution in [3.05, 3.63) is 56.7 Å². The summed E-state index contributed by atoms with van der Waals surface area (Å²) < 4.78 is 2.69. The molecular formula is C20H26N4O3. The summed E-state index contributed by atoms with van der Waals surface area (Å²) in [5.74, 6) is 0.376. The number of nitrogens with zero attached hydrogens (tertiary/aromatic N) is 3. The SMILES string of the molecule is CCn1c(N2CCC[C@@H](C(=O)Nc3ccc(C)cc3)C2)cc(=O)n(C)c1=O. The molecule has 1 aliphatic rings. The second-order valence-corrected chi connectivity index (χ2v) is 7.07. The van der Waals surface area contributed by atoms with E-state index in [1.54, 1.807) is 4.57 Å². The van der Waals surface area contributed by atoms with Crippen LogP contribution in [-0.2, 0) is 18.4 Å². The fourth-order valence-electron chi connectivity index (χ4n) is 3.50. The Kier molecular flexibility index (Phi) is 5.48. The van der Waals surface area contributed by atoms with Gasteiger partial charge in [0.15, 0.2) is 0 Å². The summed E-state index contributed by atoms with van der Waals surface area (Å²) in [6.07, 6.45) is 1.62. The van der Waals surface area contributed by atoms with Crippen molar-refractivity contribution in [2.45, 2.75) is 33.2 Å². The van der Waals surface area contributed by atoms with Crippen molar-refractivity contribution in [1.82, 2.24) is 9.13 Å². The smallest absolute Gasteiger partial charge is 0.332 e. The van der Waals surface area contributed by atoms with Crippen molar-refractivity contribution in [1.29, 1.82) is 0 Å². The molecule has 0 aliphatic carbocycles. The molecule has 27 heavy (non-hydrogen) atoms.